The van der Waals surface area contributed by atoms with Crippen molar-refractivity contribution in [2.45, 2.75) is 19.3 Å². The Balaban J connectivity index is 1.57. The molecule has 174 valence electrons. The Hall–Kier alpha value is -4.39. The molecule has 2 N–H and O–H groups in total. The van der Waals surface area contributed by atoms with Crippen LogP contribution in [-0.2, 0) is 5.41 Å². The third kappa shape index (κ3) is 4.53. The standard InChI is InChI=1S/C28H24FN5O/c1-28(2,25-21(29)11-7-15-32-25)17-35-27-26(30)33-23(18-8-4-3-5-9-18)24(34-27)20-12-13-22-19(16-20)10-6-14-31-22/h3-16H,17H2,1-2H3,(H2,30,33). The van der Waals surface area contributed by atoms with Crippen molar-refractivity contribution in [3.63, 3.8) is 0 Å². The van der Waals surface area contributed by atoms with Crippen molar-refractivity contribution < 1.29 is 9.13 Å². The maximum atomic E-state index is 14.4. The molecule has 6 nitrogen and oxygen atoms in total. The Kier molecular flexibility index (Phi) is 5.82. The van der Waals surface area contributed by atoms with Gasteiger partial charge in [-0.2, -0.15) is 0 Å². The molecule has 2 aromatic carbocycles. The molecule has 7 heteroatoms. The number of benzene rings is 2. The van der Waals surface area contributed by atoms with Crippen molar-refractivity contribution in [1.29, 1.82) is 0 Å². The van der Waals surface area contributed by atoms with Gasteiger partial charge in [0, 0.05) is 34.3 Å². The van der Waals surface area contributed by atoms with E-state index in [1.807, 2.05) is 74.5 Å². The molecule has 0 atom stereocenters. The van der Waals surface area contributed by atoms with Crippen LogP contribution in [0.5, 0.6) is 5.88 Å². The Labute approximate surface area is 202 Å². The van der Waals surface area contributed by atoms with Gasteiger partial charge in [-0.15, -0.1) is 0 Å². The molecule has 3 aromatic heterocycles. The van der Waals surface area contributed by atoms with E-state index in [2.05, 4.69) is 15.0 Å². The molecule has 0 unspecified atom stereocenters. The first-order valence-corrected chi connectivity index (χ1v) is 11.2. The summed E-state index contributed by atoms with van der Waals surface area (Å²) in [6.07, 6.45) is 3.33. The number of ether oxygens (including phenoxy) is 1. The smallest absolute Gasteiger partial charge is 0.257 e. The normalized spacial score (nSPS) is 11.5. The molecule has 0 fully saturated rings. The van der Waals surface area contributed by atoms with Crippen molar-refractivity contribution in [3.05, 3.63) is 96.7 Å². The lowest BCUT2D eigenvalue weighted by Gasteiger charge is -2.24. The molecule has 0 aliphatic heterocycles. The second-order valence-electron chi connectivity index (χ2n) is 8.89. The van der Waals surface area contributed by atoms with Gasteiger partial charge in [0.05, 0.1) is 16.9 Å². The summed E-state index contributed by atoms with van der Waals surface area (Å²) in [6.45, 7) is 3.83. The van der Waals surface area contributed by atoms with E-state index in [9.17, 15) is 4.39 Å². The molecule has 5 aromatic rings. The number of hydrogen-bond donors (Lipinski definition) is 1. The molecule has 0 aliphatic rings. The van der Waals surface area contributed by atoms with E-state index in [0.717, 1.165) is 22.0 Å². The Morgan fingerprint density at radius 1 is 0.829 bits per heavy atom. The fourth-order valence-corrected chi connectivity index (χ4v) is 3.96. The molecule has 5 rings (SSSR count). The Bertz CT molecular complexity index is 1500. The molecule has 0 saturated carbocycles. The van der Waals surface area contributed by atoms with Gasteiger partial charge in [-0.1, -0.05) is 56.3 Å². The molecule has 0 radical (unpaired) electrons. The van der Waals surface area contributed by atoms with Gasteiger partial charge in [0.15, 0.2) is 5.82 Å². The van der Waals surface area contributed by atoms with Crippen LogP contribution in [0.3, 0.4) is 0 Å². The minimum absolute atomic E-state index is 0.117. The predicted octanol–water partition coefficient (Wildman–Crippen LogP) is 5.83. The lowest BCUT2D eigenvalue weighted by Crippen LogP contribution is -2.29. The van der Waals surface area contributed by atoms with Crippen molar-refractivity contribution in [2.75, 3.05) is 12.3 Å². The molecular formula is C28H24FN5O. The van der Waals surface area contributed by atoms with Crippen LogP contribution in [0.4, 0.5) is 10.2 Å². The van der Waals surface area contributed by atoms with Gasteiger partial charge in [-0.05, 0) is 30.3 Å². The number of halogens is 1. The minimum atomic E-state index is -0.716. The summed E-state index contributed by atoms with van der Waals surface area (Å²) in [6, 6.07) is 22.5. The average Bonchev–Trinajstić information content (AvgIpc) is 2.88. The third-order valence-corrected chi connectivity index (χ3v) is 5.78. The zero-order chi connectivity index (χ0) is 24.4. The van der Waals surface area contributed by atoms with E-state index in [4.69, 9.17) is 15.5 Å². The van der Waals surface area contributed by atoms with Gasteiger partial charge >= 0.3 is 0 Å². The number of nitrogen functional groups attached to an aromatic ring is 1. The number of pyridine rings is 2. The Morgan fingerprint density at radius 3 is 2.37 bits per heavy atom. The summed E-state index contributed by atoms with van der Waals surface area (Å²) in [5.74, 6) is -0.0345. The first-order chi connectivity index (χ1) is 16.9. The highest BCUT2D eigenvalue weighted by Gasteiger charge is 2.28. The maximum Gasteiger partial charge on any atom is 0.257 e. The van der Waals surface area contributed by atoms with E-state index >= 15 is 0 Å². The van der Waals surface area contributed by atoms with Crippen LogP contribution < -0.4 is 10.5 Å². The SMILES string of the molecule is CC(C)(COc1nc(-c2ccc3ncccc3c2)c(-c2ccccc2)nc1N)c1ncccc1F. The number of anilines is 1. The first kappa shape index (κ1) is 22.4. The molecule has 3 heterocycles. The molecule has 0 bridgehead atoms. The minimum Gasteiger partial charge on any atom is -0.474 e. The molecule has 0 amide bonds. The van der Waals surface area contributed by atoms with E-state index < -0.39 is 5.41 Å². The average molecular weight is 466 g/mol. The van der Waals surface area contributed by atoms with Crippen molar-refractivity contribution in [3.8, 4) is 28.4 Å². The lowest BCUT2D eigenvalue weighted by molar-refractivity contribution is 0.226. The first-order valence-electron chi connectivity index (χ1n) is 11.2. The van der Waals surface area contributed by atoms with Crippen molar-refractivity contribution in [2.24, 2.45) is 0 Å². The van der Waals surface area contributed by atoms with Crippen molar-refractivity contribution in [1.82, 2.24) is 19.9 Å². The zero-order valence-electron chi connectivity index (χ0n) is 19.4. The third-order valence-electron chi connectivity index (χ3n) is 5.78. The summed E-state index contributed by atoms with van der Waals surface area (Å²) in [5, 5.41) is 0.983. The largest absolute Gasteiger partial charge is 0.474 e. The van der Waals surface area contributed by atoms with Crippen LogP contribution in [0.25, 0.3) is 33.4 Å². The van der Waals surface area contributed by atoms with Crippen LogP contribution >= 0.6 is 0 Å². The van der Waals surface area contributed by atoms with E-state index in [1.165, 1.54) is 6.07 Å². The monoisotopic (exact) mass is 465 g/mol. The number of fused-ring (bicyclic) bond motifs is 1. The second kappa shape index (κ2) is 9.10. The molecule has 0 spiro atoms. The zero-order valence-corrected chi connectivity index (χ0v) is 19.4. The second-order valence-corrected chi connectivity index (χ2v) is 8.89. The summed E-state index contributed by atoms with van der Waals surface area (Å²) < 4.78 is 20.4. The number of rotatable bonds is 6. The summed E-state index contributed by atoms with van der Waals surface area (Å²) in [7, 11) is 0. The number of nitrogens with zero attached hydrogens (tertiary/aromatic N) is 4. The number of aromatic nitrogens is 4. The van der Waals surface area contributed by atoms with Gasteiger partial charge < -0.3 is 10.5 Å². The van der Waals surface area contributed by atoms with Crippen molar-refractivity contribution >= 4 is 16.7 Å². The van der Waals surface area contributed by atoms with Crippen LogP contribution in [0.15, 0.2) is 85.2 Å². The molecule has 35 heavy (non-hydrogen) atoms. The van der Waals surface area contributed by atoms with Gasteiger partial charge in [-0.3, -0.25) is 9.97 Å². The lowest BCUT2D eigenvalue weighted by atomic mass is 9.89. The summed E-state index contributed by atoms with van der Waals surface area (Å²) in [4.78, 5) is 18.1. The maximum absolute atomic E-state index is 14.4. The Morgan fingerprint density at radius 2 is 1.57 bits per heavy atom. The molecule has 0 aliphatic carbocycles. The van der Waals surface area contributed by atoms with Gasteiger partial charge in [0.25, 0.3) is 5.88 Å². The van der Waals surface area contributed by atoms with Crippen LogP contribution in [0.1, 0.15) is 19.5 Å². The van der Waals surface area contributed by atoms with Crippen LogP contribution in [0, 0.1) is 5.82 Å². The van der Waals surface area contributed by atoms with Gasteiger partial charge in [0.1, 0.15) is 18.1 Å². The molecular weight excluding hydrogens is 441 g/mol. The van der Waals surface area contributed by atoms with Gasteiger partial charge in [-0.25, -0.2) is 14.4 Å². The quantitative estimate of drug-likeness (QED) is 0.339. The highest BCUT2D eigenvalue weighted by molar-refractivity contribution is 5.87. The van der Waals surface area contributed by atoms with Crippen LogP contribution in [-0.4, -0.2) is 26.5 Å². The fraction of sp³-hybridized carbons (Fsp3) is 0.143. The molecule has 0 saturated heterocycles. The van der Waals surface area contributed by atoms with Gasteiger partial charge in [0.2, 0.25) is 0 Å². The van der Waals surface area contributed by atoms with Crippen LogP contribution in [0.2, 0.25) is 0 Å². The van der Waals surface area contributed by atoms with E-state index in [0.29, 0.717) is 17.1 Å². The number of nitrogens with two attached hydrogens (primary N) is 1. The summed E-state index contributed by atoms with van der Waals surface area (Å²) >= 11 is 0. The van der Waals surface area contributed by atoms with E-state index in [1.54, 1.807) is 18.5 Å². The topological polar surface area (TPSA) is 86.8 Å². The predicted molar refractivity (Wildman–Crippen MR) is 135 cm³/mol. The highest BCUT2D eigenvalue weighted by atomic mass is 19.1. The van der Waals surface area contributed by atoms with E-state index in [-0.39, 0.29) is 24.1 Å². The highest BCUT2D eigenvalue weighted by Crippen LogP contribution is 2.35. The fourth-order valence-electron chi connectivity index (χ4n) is 3.96. The number of hydrogen-bond acceptors (Lipinski definition) is 6. The summed E-state index contributed by atoms with van der Waals surface area (Å²) in [5.41, 5.74) is 9.80.